The number of urea groups is 1. The number of hydrogen-bond donors (Lipinski definition) is 3. The van der Waals surface area contributed by atoms with E-state index in [1.807, 2.05) is 6.92 Å². The molecule has 1 unspecified atom stereocenters. The van der Waals surface area contributed by atoms with Crippen molar-refractivity contribution in [3.63, 3.8) is 0 Å². The lowest BCUT2D eigenvalue weighted by atomic mass is 10.1. The quantitative estimate of drug-likeness (QED) is 0.659. The highest BCUT2D eigenvalue weighted by atomic mass is 16.4. The molecular formula is C13H24N2O3. The van der Waals surface area contributed by atoms with E-state index in [2.05, 4.69) is 10.6 Å². The number of carboxylic acids is 1. The van der Waals surface area contributed by atoms with Gasteiger partial charge in [-0.3, -0.25) is 4.79 Å². The second kappa shape index (κ2) is 7.95. The van der Waals surface area contributed by atoms with Crippen LogP contribution in [0.4, 0.5) is 4.79 Å². The lowest BCUT2D eigenvalue weighted by Gasteiger charge is -2.18. The van der Waals surface area contributed by atoms with Crippen LogP contribution in [-0.4, -0.2) is 29.7 Å². The van der Waals surface area contributed by atoms with E-state index in [1.54, 1.807) is 0 Å². The van der Waals surface area contributed by atoms with Crippen LogP contribution >= 0.6 is 0 Å². The fraction of sp³-hybridized carbons (Fsp3) is 0.846. The van der Waals surface area contributed by atoms with Gasteiger partial charge in [0.2, 0.25) is 0 Å². The Morgan fingerprint density at radius 2 is 1.83 bits per heavy atom. The molecule has 104 valence electrons. The minimum atomic E-state index is -0.854. The monoisotopic (exact) mass is 256 g/mol. The summed E-state index contributed by atoms with van der Waals surface area (Å²) in [4.78, 5) is 22.5. The summed E-state index contributed by atoms with van der Waals surface area (Å²) in [7, 11) is 0. The van der Waals surface area contributed by atoms with E-state index in [9.17, 15) is 9.59 Å². The van der Waals surface area contributed by atoms with Crippen molar-refractivity contribution in [3.05, 3.63) is 0 Å². The number of carboxylic acid groups (broad SMARTS) is 1. The van der Waals surface area contributed by atoms with Gasteiger partial charge in [0.25, 0.3) is 0 Å². The molecule has 0 aromatic carbocycles. The first kappa shape index (κ1) is 14.8. The smallest absolute Gasteiger partial charge is 0.315 e. The Labute approximate surface area is 108 Å². The average Bonchev–Trinajstić information content (AvgIpc) is 2.58. The SMILES string of the molecule is CCC(CNC(=O)NC1CCCCCC1)C(=O)O. The highest BCUT2D eigenvalue weighted by Gasteiger charge is 2.18. The summed E-state index contributed by atoms with van der Waals surface area (Å²) in [6, 6.07) is 0.0130. The van der Waals surface area contributed by atoms with E-state index in [4.69, 9.17) is 5.11 Å². The molecule has 1 atom stereocenters. The number of carbonyl (C=O) groups excluding carboxylic acids is 1. The van der Waals surface area contributed by atoms with Crippen molar-refractivity contribution in [1.29, 1.82) is 0 Å². The van der Waals surface area contributed by atoms with Crippen molar-refractivity contribution in [2.45, 2.75) is 57.9 Å². The number of aliphatic carboxylic acids is 1. The van der Waals surface area contributed by atoms with Crippen molar-refractivity contribution < 1.29 is 14.7 Å². The molecule has 0 aliphatic heterocycles. The van der Waals surface area contributed by atoms with Crippen LogP contribution in [0, 0.1) is 5.92 Å². The summed E-state index contributed by atoms with van der Waals surface area (Å²) in [6.45, 7) is 2.01. The van der Waals surface area contributed by atoms with Crippen LogP contribution in [0.15, 0.2) is 0 Å². The third-order valence-corrected chi connectivity index (χ3v) is 3.54. The fourth-order valence-electron chi connectivity index (χ4n) is 2.28. The third kappa shape index (κ3) is 5.38. The van der Waals surface area contributed by atoms with Crippen LogP contribution in [0.3, 0.4) is 0 Å². The van der Waals surface area contributed by atoms with E-state index in [-0.39, 0.29) is 18.6 Å². The largest absolute Gasteiger partial charge is 0.481 e. The second-order valence-electron chi connectivity index (χ2n) is 4.99. The van der Waals surface area contributed by atoms with E-state index in [1.165, 1.54) is 12.8 Å². The van der Waals surface area contributed by atoms with E-state index < -0.39 is 11.9 Å². The average molecular weight is 256 g/mol. The first-order valence-electron chi connectivity index (χ1n) is 6.90. The van der Waals surface area contributed by atoms with Crippen LogP contribution in [0.5, 0.6) is 0 Å². The minimum absolute atomic E-state index is 0.199. The van der Waals surface area contributed by atoms with Gasteiger partial charge < -0.3 is 15.7 Å². The Morgan fingerprint density at radius 1 is 1.22 bits per heavy atom. The zero-order chi connectivity index (χ0) is 13.4. The molecule has 1 fully saturated rings. The molecule has 0 radical (unpaired) electrons. The summed E-state index contributed by atoms with van der Waals surface area (Å²) < 4.78 is 0. The summed E-state index contributed by atoms with van der Waals surface area (Å²) >= 11 is 0. The van der Waals surface area contributed by atoms with Gasteiger partial charge in [-0.1, -0.05) is 32.6 Å². The molecule has 0 heterocycles. The van der Waals surface area contributed by atoms with Gasteiger partial charge in [0.15, 0.2) is 0 Å². The maximum Gasteiger partial charge on any atom is 0.315 e. The van der Waals surface area contributed by atoms with E-state index in [0.29, 0.717) is 6.42 Å². The van der Waals surface area contributed by atoms with E-state index >= 15 is 0 Å². The van der Waals surface area contributed by atoms with Crippen molar-refractivity contribution in [3.8, 4) is 0 Å². The zero-order valence-electron chi connectivity index (χ0n) is 11.1. The molecule has 0 bridgehead atoms. The molecule has 1 aliphatic rings. The minimum Gasteiger partial charge on any atom is -0.481 e. The maximum absolute atomic E-state index is 11.7. The highest BCUT2D eigenvalue weighted by Crippen LogP contribution is 2.16. The van der Waals surface area contributed by atoms with Crippen LogP contribution in [0.25, 0.3) is 0 Å². The zero-order valence-corrected chi connectivity index (χ0v) is 11.1. The molecule has 2 amide bonds. The van der Waals surface area contributed by atoms with Gasteiger partial charge in [0, 0.05) is 12.6 Å². The number of rotatable bonds is 5. The molecule has 0 aromatic heterocycles. The van der Waals surface area contributed by atoms with Crippen LogP contribution in [-0.2, 0) is 4.79 Å². The molecule has 0 aromatic rings. The van der Waals surface area contributed by atoms with Crippen molar-refractivity contribution >= 4 is 12.0 Å². The van der Waals surface area contributed by atoms with Crippen molar-refractivity contribution in [1.82, 2.24) is 10.6 Å². The van der Waals surface area contributed by atoms with Crippen molar-refractivity contribution in [2.75, 3.05) is 6.54 Å². The highest BCUT2D eigenvalue weighted by molar-refractivity contribution is 5.76. The van der Waals surface area contributed by atoms with Gasteiger partial charge in [0.05, 0.1) is 5.92 Å². The number of nitrogens with one attached hydrogen (secondary N) is 2. The third-order valence-electron chi connectivity index (χ3n) is 3.54. The van der Waals surface area contributed by atoms with Gasteiger partial charge >= 0.3 is 12.0 Å². The molecule has 18 heavy (non-hydrogen) atoms. The Morgan fingerprint density at radius 3 is 2.33 bits per heavy atom. The summed E-state index contributed by atoms with van der Waals surface area (Å²) in [6.07, 6.45) is 7.41. The molecule has 1 aliphatic carbocycles. The standard InChI is InChI=1S/C13H24N2O3/c1-2-10(12(16)17)9-14-13(18)15-11-7-5-3-4-6-8-11/h10-11H,2-9H2,1H3,(H,16,17)(H2,14,15,18). The molecule has 1 rings (SSSR count). The van der Waals surface area contributed by atoms with Gasteiger partial charge in [-0.15, -0.1) is 0 Å². The molecule has 1 saturated carbocycles. The fourth-order valence-corrected chi connectivity index (χ4v) is 2.28. The lowest BCUT2D eigenvalue weighted by molar-refractivity contribution is -0.141. The Bertz CT molecular complexity index is 273. The molecular weight excluding hydrogens is 232 g/mol. The normalized spacial score (nSPS) is 18.7. The molecule has 3 N–H and O–H groups in total. The summed E-state index contributed by atoms with van der Waals surface area (Å²) in [5.41, 5.74) is 0. The van der Waals surface area contributed by atoms with Crippen LogP contribution in [0.2, 0.25) is 0 Å². The molecule has 5 heteroatoms. The Kier molecular flexibility index (Phi) is 6.54. The summed E-state index contributed by atoms with van der Waals surface area (Å²) in [5.74, 6) is -1.35. The lowest BCUT2D eigenvalue weighted by Crippen LogP contribution is -2.44. The number of carbonyl (C=O) groups is 2. The van der Waals surface area contributed by atoms with Gasteiger partial charge in [-0.2, -0.15) is 0 Å². The van der Waals surface area contributed by atoms with Gasteiger partial charge in [-0.25, -0.2) is 4.79 Å². The predicted molar refractivity (Wildman–Crippen MR) is 69.4 cm³/mol. The summed E-state index contributed by atoms with van der Waals surface area (Å²) in [5, 5.41) is 14.5. The van der Waals surface area contributed by atoms with Gasteiger partial charge in [-0.05, 0) is 19.3 Å². The van der Waals surface area contributed by atoms with Crippen LogP contribution in [0.1, 0.15) is 51.9 Å². The van der Waals surface area contributed by atoms with Crippen LogP contribution < -0.4 is 10.6 Å². The molecule has 0 spiro atoms. The second-order valence-corrected chi connectivity index (χ2v) is 4.99. The predicted octanol–water partition coefficient (Wildman–Crippen LogP) is 2.12. The number of amides is 2. The first-order chi connectivity index (χ1) is 8.63. The Balaban J connectivity index is 2.25. The van der Waals surface area contributed by atoms with Crippen molar-refractivity contribution in [2.24, 2.45) is 5.92 Å². The Hall–Kier alpha value is -1.26. The topological polar surface area (TPSA) is 78.4 Å². The van der Waals surface area contributed by atoms with Gasteiger partial charge in [0.1, 0.15) is 0 Å². The molecule has 0 saturated heterocycles. The number of hydrogen-bond acceptors (Lipinski definition) is 2. The molecule has 5 nitrogen and oxygen atoms in total. The maximum atomic E-state index is 11.7. The van der Waals surface area contributed by atoms with E-state index in [0.717, 1.165) is 25.7 Å². The first-order valence-corrected chi connectivity index (χ1v) is 6.90.